The van der Waals surface area contributed by atoms with E-state index in [0.717, 1.165) is 18.5 Å². The van der Waals surface area contributed by atoms with Crippen molar-refractivity contribution in [2.45, 2.75) is 25.0 Å². The molecule has 1 amide bonds. The predicted molar refractivity (Wildman–Crippen MR) is 80.5 cm³/mol. The molecule has 1 atom stereocenters. The fourth-order valence-corrected chi connectivity index (χ4v) is 2.63. The number of rotatable bonds is 4. The van der Waals surface area contributed by atoms with Crippen LogP contribution in [0.15, 0.2) is 24.3 Å². The van der Waals surface area contributed by atoms with E-state index in [2.05, 4.69) is 30.6 Å². The number of anilines is 1. The Morgan fingerprint density at radius 2 is 2.16 bits per heavy atom. The van der Waals surface area contributed by atoms with Crippen LogP contribution in [0, 0.1) is 5.92 Å². The smallest absolute Gasteiger partial charge is 0.227 e. The monoisotopic (exact) mass is 279 g/mol. The molecule has 0 radical (unpaired) electrons. The van der Waals surface area contributed by atoms with Gasteiger partial charge in [-0.25, -0.2) is 0 Å². The van der Waals surface area contributed by atoms with E-state index < -0.39 is 0 Å². The Balaban J connectivity index is 2.00. The maximum atomic E-state index is 12.1. The van der Waals surface area contributed by atoms with Crippen LogP contribution in [0.25, 0.3) is 0 Å². The van der Waals surface area contributed by atoms with Gasteiger partial charge >= 0.3 is 0 Å². The first-order chi connectivity index (χ1) is 9.20. The van der Waals surface area contributed by atoms with Crippen LogP contribution in [0.4, 0.5) is 5.69 Å². The summed E-state index contributed by atoms with van der Waals surface area (Å²) >= 11 is 1.80. The number of carbonyl (C=O) groups is 1. The Labute approximate surface area is 119 Å². The van der Waals surface area contributed by atoms with E-state index in [1.54, 1.807) is 11.8 Å². The summed E-state index contributed by atoms with van der Waals surface area (Å²) in [7, 11) is 0. The molecule has 1 aromatic carbocycles. The lowest BCUT2D eigenvalue weighted by molar-refractivity contribution is -0.122. The van der Waals surface area contributed by atoms with E-state index in [9.17, 15) is 4.79 Å². The summed E-state index contributed by atoms with van der Waals surface area (Å²) in [6.07, 6.45) is 3.75. The summed E-state index contributed by atoms with van der Waals surface area (Å²) in [6, 6.07) is 8.12. The number of thioether (sulfide) groups is 1. The number of amides is 1. The molecule has 104 valence electrons. The highest BCUT2D eigenvalue weighted by molar-refractivity contribution is 7.98. The average molecular weight is 279 g/mol. The zero-order valence-corrected chi connectivity index (χ0v) is 12.3. The maximum Gasteiger partial charge on any atom is 0.227 e. The molecule has 1 aromatic rings. The van der Waals surface area contributed by atoms with Crippen LogP contribution in [-0.4, -0.2) is 25.4 Å². The van der Waals surface area contributed by atoms with Crippen LogP contribution in [-0.2, 0) is 9.53 Å². The predicted octanol–water partition coefficient (Wildman–Crippen LogP) is 3.48. The standard InChI is InChI=1S/C15H21NO2S/c1-11(19-2)13-4-3-5-14(10-13)16-15(17)12-6-8-18-9-7-12/h3-5,10-12H,6-9H2,1-2H3,(H,16,17)/t11-/m1/s1. The van der Waals surface area contributed by atoms with Crippen LogP contribution in [0.3, 0.4) is 0 Å². The number of carbonyl (C=O) groups excluding carboxylic acids is 1. The second-order valence-corrected chi connectivity index (χ2v) is 6.06. The molecule has 0 unspecified atom stereocenters. The van der Waals surface area contributed by atoms with Crippen LogP contribution in [0.1, 0.15) is 30.6 Å². The van der Waals surface area contributed by atoms with E-state index in [4.69, 9.17) is 4.74 Å². The number of hydrogen-bond acceptors (Lipinski definition) is 3. The van der Waals surface area contributed by atoms with E-state index >= 15 is 0 Å². The van der Waals surface area contributed by atoms with Gasteiger partial charge in [-0.3, -0.25) is 4.79 Å². The van der Waals surface area contributed by atoms with Crippen LogP contribution in [0.2, 0.25) is 0 Å². The molecule has 0 spiro atoms. The molecular formula is C15H21NO2S. The molecule has 1 aliphatic rings. The summed E-state index contributed by atoms with van der Waals surface area (Å²) in [5.74, 6) is 0.215. The minimum Gasteiger partial charge on any atom is -0.381 e. The van der Waals surface area contributed by atoms with Crippen molar-refractivity contribution < 1.29 is 9.53 Å². The topological polar surface area (TPSA) is 38.3 Å². The SMILES string of the molecule is CS[C@H](C)c1cccc(NC(=O)C2CCOCC2)c1. The van der Waals surface area contributed by atoms with Gasteiger partial charge in [-0.15, -0.1) is 0 Å². The van der Waals surface area contributed by atoms with Crippen molar-refractivity contribution in [1.29, 1.82) is 0 Å². The summed E-state index contributed by atoms with van der Waals surface area (Å²) < 4.78 is 5.28. The normalized spacial score (nSPS) is 18.0. The molecule has 1 aliphatic heterocycles. The summed E-state index contributed by atoms with van der Waals surface area (Å²) in [5, 5.41) is 3.47. The first kappa shape index (κ1) is 14.4. The van der Waals surface area contributed by atoms with Crippen molar-refractivity contribution in [3.63, 3.8) is 0 Å². The number of hydrogen-bond donors (Lipinski definition) is 1. The van der Waals surface area contributed by atoms with Crippen LogP contribution in [0.5, 0.6) is 0 Å². The molecule has 19 heavy (non-hydrogen) atoms. The molecule has 2 rings (SSSR count). The van der Waals surface area contributed by atoms with Gasteiger partial charge in [0.15, 0.2) is 0 Å². The fraction of sp³-hybridized carbons (Fsp3) is 0.533. The zero-order chi connectivity index (χ0) is 13.7. The van der Waals surface area contributed by atoms with Crippen molar-refractivity contribution >= 4 is 23.4 Å². The van der Waals surface area contributed by atoms with Gasteiger partial charge in [-0.1, -0.05) is 12.1 Å². The minimum atomic E-state index is 0.0929. The average Bonchev–Trinajstić information content (AvgIpc) is 2.47. The first-order valence-electron chi connectivity index (χ1n) is 6.72. The summed E-state index contributed by atoms with van der Waals surface area (Å²) in [5.41, 5.74) is 2.15. The molecular weight excluding hydrogens is 258 g/mol. The van der Waals surface area contributed by atoms with Crippen molar-refractivity contribution in [2.24, 2.45) is 5.92 Å². The van der Waals surface area contributed by atoms with Gasteiger partial charge in [-0.05, 0) is 43.7 Å². The highest BCUT2D eigenvalue weighted by Gasteiger charge is 2.21. The third-order valence-electron chi connectivity index (χ3n) is 3.57. The van der Waals surface area contributed by atoms with Crippen molar-refractivity contribution in [3.8, 4) is 0 Å². The molecule has 0 aromatic heterocycles. The van der Waals surface area contributed by atoms with Crippen LogP contribution >= 0.6 is 11.8 Å². The molecule has 0 bridgehead atoms. The molecule has 4 heteroatoms. The van der Waals surface area contributed by atoms with Gasteiger partial charge in [0.05, 0.1) is 0 Å². The van der Waals surface area contributed by atoms with E-state index in [1.807, 2.05) is 12.1 Å². The Morgan fingerprint density at radius 1 is 1.42 bits per heavy atom. The molecule has 1 heterocycles. The van der Waals surface area contributed by atoms with Gasteiger partial charge < -0.3 is 10.1 Å². The number of benzene rings is 1. The van der Waals surface area contributed by atoms with Gasteiger partial charge in [0.25, 0.3) is 0 Å². The fourth-order valence-electron chi connectivity index (χ4n) is 2.21. The minimum absolute atomic E-state index is 0.0929. The van der Waals surface area contributed by atoms with Gasteiger partial charge in [0.2, 0.25) is 5.91 Å². The Hall–Kier alpha value is -1.00. The highest BCUT2D eigenvalue weighted by Crippen LogP contribution is 2.27. The van der Waals surface area contributed by atoms with Crippen molar-refractivity contribution in [3.05, 3.63) is 29.8 Å². The Kier molecular flexibility index (Phi) is 5.28. The Bertz CT molecular complexity index is 430. The van der Waals surface area contributed by atoms with E-state index in [1.165, 1.54) is 5.56 Å². The Morgan fingerprint density at radius 3 is 2.84 bits per heavy atom. The largest absolute Gasteiger partial charge is 0.381 e. The van der Waals surface area contributed by atoms with Crippen LogP contribution < -0.4 is 5.32 Å². The second kappa shape index (κ2) is 6.96. The molecule has 1 N–H and O–H groups in total. The lowest BCUT2D eigenvalue weighted by Gasteiger charge is -2.21. The number of nitrogens with one attached hydrogen (secondary N) is 1. The molecule has 3 nitrogen and oxygen atoms in total. The third kappa shape index (κ3) is 3.98. The second-order valence-electron chi connectivity index (χ2n) is 4.88. The quantitative estimate of drug-likeness (QED) is 0.917. The third-order valence-corrected chi connectivity index (χ3v) is 4.55. The van der Waals surface area contributed by atoms with Gasteiger partial charge in [-0.2, -0.15) is 11.8 Å². The van der Waals surface area contributed by atoms with E-state index in [0.29, 0.717) is 18.5 Å². The van der Waals surface area contributed by atoms with Gasteiger partial charge in [0, 0.05) is 30.1 Å². The lowest BCUT2D eigenvalue weighted by Crippen LogP contribution is -2.28. The lowest BCUT2D eigenvalue weighted by atomic mass is 9.99. The molecule has 0 aliphatic carbocycles. The first-order valence-corrected chi connectivity index (χ1v) is 8.01. The summed E-state index contributed by atoms with van der Waals surface area (Å²) in [6.45, 7) is 3.56. The zero-order valence-electron chi connectivity index (χ0n) is 11.5. The summed E-state index contributed by atoms with van der Waals surface area (Å²) in [4.78, 5) is 12.1. The van der Waals surface area contributed by atoms with Gasteiger partial charge in [0.1, 0.15) is 0 Å². The maximum absolute atomic E-state index is 12.1. The van der Waals surface area contributed by atoms with E-state index in [-0.39, 0.29) is 11.8 Å². The van der Waals surface area contributed by atoms with Crippen molar-refractivity contribution in [2.75, 3.05) is 24.8 Å². The molecule has 1 saturated heterocycles. The van der Waals surface area contributed by atoms with Crippen molar-refractivity contribution in [1.82, 2.24) is 0 Å². The molecule has 1 fully saturated rings. The molecule has 0 saturated carbocycles. The number of ether oxygens (including phenoxy) is 1. The highest BCUT2D eigenvalue weighted by atomic mass is 32.2.